The van der Waals surface area contributed by atoms with Crippen molar-refractivity contribution in [2.45, 2.75) is 13.0 Å². The molecule has 0 saturated carbocycles. The number of rotatable bonds is 9. The van der Waals surface area contributed by atoms with E-state index in [1.54, 1.807) is 48.5 Å². The number of hydrogen-bond donors (Lipinski definition) is 3. The first kappa shape index (κ1) is 21.8. The maximum absolute atomic E-state index is 13.0. The fourth-order valence-corrected chi connectivity index (χ4v) is 2.86. The Morgan fingerprint density at radius 1 is 0.871 bits per heavy atom. The molecule has 0 aliphatic carbocycles. The Kier molecular flexibility index (Phi) is 7.59. The highest BCUT2D eigenvalue weighted by molar-refractivity contribution is 5.97. The molecule has 0 aliphatic rings. The number of phenolic OH excluding ortho intramolecular Hbond substituents is 1. The van der Waals surface area contributed by atoms with E-state index in [-0.39, 0.29) is 30.0 Å². The number of amides is 2. The standard InChI is InChI=1S/C24H23FN2O4/c25-19-11-9-17(10-12-19)16-31-22-8-2-1-7-21(22)24(30)27-14-4-13-26-23(29)18-5-3-6-20(28)15-18/h1-3,5-12,15,28H,4,13-14,16H2,(H,26,29)(H,27,30). The number of nitrogens with one attached hydrogen (secondary N) is 2. The molecule has 0 spiro atoms. The van der Waals surface area contributed by atoms with E-state index in [0.717, 1.165) is 5.56 Å². The van der Waals surface area contributed by atoms with Crippen molar-refractivity contribution < 1.29 is 23.8 Å². The molecule has 0 heterocycles. The lowest BCUT2D eigenvalue weighted by Gasteiger charge is -2.12. The van der Waals surface area contributed by atoms with Crippen LogP contribution in [0.1, 0.15) is 32.7 Å². The molecule has 0 saturated heterocycles. The van der Waals surface area contributed by atoms with Crippen molar-refractivity contribution in [1.82, 2.24) is 10.6 Å². The molecule has 0 bridgehead atoms. The summed E-state index contributed by atoms with van der Waals surface area (Å²) in [4.78, 5) is 24.5. The van der Waals surface area contributed by atoms with Crippen LogP contribution in [0.15, 0.2) is 72.8 Å². The number of halogens is 1. The molecule has 0 unspecified atom stereocenters. The summed E-state index contributed by atoms with van der Waals surface area (Å²) in [6, 6.07) is 18.9. The molecule has 0 fully saturated rings. The summed E-state index contributed by atoms with van der Waals surface area (Å²) in [6.45, 7) is 0.953. The molecule has 0 radical (unpaired) electrons. The third kappa shape index (κ3) is 6.57. The average Bonchev–Trinajstić information content (AvgIpc) is 2.78. The zero-order chi connectivity index (χ0) is 22.1. The van der Waals surface area contributed by atoms with Crippen LogP contribution in [0.3, 0.4) is 0 Å². The molecular weight excluding hydrogens is 399 g/mol. The third-order valence-electron chi connectivity index (χ3n) is 4.47. The van der Waals surface area contributed by atoms with Crippen molar-refractivity contribution in [2.24, 2.45) is 0 Å². The third-order valence-corrected chi connectivity index (χ3v) is 4.47. The van der Waals surface area contributed by atoms with E-state index in [9.17, 15) is 19.1 Å². The summed E-state index contributed by atoms with van der Waals surface area (Å²) in [6.07, 6.45) is 0.537. The van der Waals surface area contributed by atoms with Gasteiger partial charge in [-0.1, -0.05) is 30.3 Å². The van der Waals surface area contributed by atoms with Crippen molar-refractivity contribution in [3.63, 3.8) is 0 Å². The molecule has 3 rings (SSSR count). The van der Waals surface area contributed by atoms with Gasteiger partial charge < -0.3 is 20.5 Å². The lowest BCUT2D eigenvalue weighted by Crippen LogP contribution is -2.30. The van der Waals surface area contributed by atoms with E-state index in [4.69, 9.17) is 4.74 Å². The Labute approximate surface area is 179 Å². The Hall–Kier alpha value is -3.87. The van der Waals surface area contributed by atoms with Crippen LogP contribution in [0.4, 0.5) is 4.39 Å². The fraction of sp³-hybridized carbons (Fsp3) is 0.167. The summed E-state index contributed by atoms with van der Waals surface area (Å²) in [5.74, 6) is -0.431. The normalized spacial score (nSPS) is 10.4. The Balaban J connectivity index is 1.45. The minimum absolute atomic E-state index is 0.0280. The predicted molar refractivity (Wildman–Crippen MR) is 115 cm³/mol. The molecule has 160 valence electrons. The Morgan fingerprint density at radius 3 is 2.32 bits per heavy atom. The van der Waals surface area contributed by atoms with Crippen LogP contribution in [0.5, 0.6) is 11.5 Å². The average molecular weight is 422 g/mol. The number of phenols is 1. The van der Waals surface area contributed by atoms with Gasteiger partial charge in [0.1, 0.15) is 23.9 Å². The first-order valence-electron chi connectivity index (χ1n) is 9.84. The van der Waals surface area contributed by atoms with E-state index >= 15 is 0 Å². The summed E-state index contributed by atoms with van der Waals surface area (Å²) < 4.78 is 18.8. The number of aromatic hydroxyl groups is 1. The zero-order valence-electron chi connectivity index (χ0n) is 16.8. The van der Waals surface area contributed by atoms with E-state index in [2.05, 4.69) is 10.6 Å². The van der Waals surface area contributed by atoms with Crippen molar-refractivity contribution in [3.8, 4) is 11.5 Å². The SMILES string of the molecule is O=C(NCCCNC(=O)c1ccccc1OCc1ccc(F)cc1)c1cccc(O)c1. The van der Waals surface area contributed by atoms with Crippen LogP contribution in [0, 0.1) is 5.82 Å². The monoisotopic (exact) mass is 422 g/mol. The number of benzene rings is 3. The van der Waals surface area contributed by atoms with E-state index in [0.29, 0.717) is 36.4 Å². The highest BCUT2D eigenvalue weighted by Gasteiger charge is 2.12. The number of carbonyl (C=O) groups is 2. The number of ether oxygens (including phenoxy) is 1. The van der Waals surface area contributed by atoms with Gasteiger partial charge in [0.15, 0.2) is 0 Å². The quantitative estimate of drug-likeness (QED) is 0.459. The minimum atomic E-state index is -0.318. The first-order valence-corrected chi connectivity index (χ1v) is 9.84. The summed E-state index contributed by atoms with van der Waals surface area (Å²) in [7, 11) is 0. The highest BCUT2D eigenvalue weighted by Crippen LogP contribution is 2.19. The van der Waals surface area contributed by atoms with Gasteiger partial charge in [0.25, 0.3) is 11.8 Å². The van der Waals surface area contributed by atoms with Crippen molar-refractivity contribution in [3.05, 3.63) is 95.3 Å². The van der Waals surface area contributed by atoms with Gasteiger partial charge in [-0.15, -0.1) is 0 Å². The van der Waals surface area contributed by atoms with Gasteiger partial charge in [0.2, 0.25) is 0 Å². The highest BCUT2D eigenvalue weighted by atomic mass is 19.1. The molecule has 3 aromatic rings. The molecule has 6 nitrogen and oxygen atoms in total. The van der Waals surface area contributed by atoms with Crippen LogP contribution >= 0.6 is 0 Å². The van der Waals surface area contributed by atoms with Crippen LogP contribution in [-0.2, 0) is 6.61 Å². The number of carbonyl (C=O) groups excluding carboxylic acids is 2. The molecule has 0 atom stereocenters. The van der Waals surface area contributed by atoms with Crippen LogP contribution in [0.2, 0.25) is 0 Å². The maximum atomic E-state index is 13.0. The fourth-order valence-electron chi connectivity index (χ4n) is 2.86. The summed E-state index contributed by atoms with van der Waals surface area (Å²) in [5, 5.41) is 15.0. The van der Waals surface area contributed by atoms with Crippen molar-refractivity contribution >= 4 is 11.8 Å². The van der Waals surface area contributed by atoms with Crippen molar-refractivity contribution in [1.29, 1.82) is 0 Å². The van der Waals surface area contributed by atoms with Crippen LogP contribution in [-0.4, -0.2) is 30.0 Å². The predicted octanol–water partition coefficient (Wildman–Crippen LogP) is 3.66. The maximum Gasteiger partial charge on any atom is 0.255 e. The Morgan fingerprint density at radius 2 is 1.58 bits per heavy atom. The first-order chi connectivity index (χ1) is 15.0. The van der Waals surface area contributed by atoms with Gasteiger partial charge in [0.05, 0.1) is 5.56 Å². The van der Waals surface area contributed by atoms with E-state index in [1.807, 2.05) is 0 Å². The second-order valence-corrected chi connectivity index (χ2v) is 6.83. The second kappa shape index (κ2) is 10.8. The molecule has 0 aliphatic heterocycles. The van der Waals surface area contributed by atoms with Gasteiger partial charge in [-0.25, -0.2) is 4.39 Å². The van der Waals surface area contributed by atoms with E-state index in [1.165, 1.54) is 24.3 Å². The number of hydrogen-bond acceptors (Lipinski definition) is 4. The molecular formula is C24H23FN2O4. The molecule has 3 N–H and O–H groups in total. The summed E-state index contributed by atoms with van der Waals surface area (Å²) in [5.41, 5.74) is 1.56. The second-order valence-electron chi connectivity index (χ2n) is 6.83. The Bertz CT molecular complexity index is 1040. The van der Waals surface area contributed by atoms with Gasteiger partial charge in [-0.2, -0.15) is 0 Å². The summed E-state index contributed by atoms with van der Waals surface area (Å²) >= 11 is 0. The number of para-hydroxylation sites is 1. The molecule has 2 amide bonds. The lowest BCUT2D eigenvalue weighted by molar-refractivity contribution is 0.0948. The zero-order valence-corrected chi connectivity index (χ0v) is 16.8. The van der Waals surface area contributed by atoms with Crippen LogP contribution < -0.4 is 15.4 Å². The molecule has 3 aromatic carbocycles. The lowest BCUT2D eigenvalue weighted by atomic mass is 10.2. The largest absolute Gasteiger partial charge is 0.508 e. The van der Waals surface area contributed by atoms with E-state index < -0.39 is 0 Å². The van der Waals surface area contributed by atoms with Gasteiger partial charge in [0, 0.05) is 18.7 Å². The van der Waals surface area contributed by atoms with Crippen LogP contribution in [0.25, 0.3) is 0 Å². The van der Waals surface area contributed by atoms with Gasteiger partial charge in [-0.05, 0) is 54.4 Å². The topological polar surface area (TPSA) is 87.7 Å². The minimum Gasteiger partial charge on any atom is -0.508 e. The molecule has 31 heavy (non-hydrogen) atoms. The van der Waals surface area contributed by atoms with Gasteiger partial charge in [-0.3, -0.25) is 9.59 Å². The smallest absolute Gasteiger partial charge is 0.255 e. The molecule has 0 aromatic heterocycles. The van der Waals surface area contributed by atoms with Gasteiger partial charge >= 0.3 is 0 Å². The molecule has 7 heteroatoms. The van der Waals surface area contributed by atoms with Crippen molar-refractivity contribution in [2.75, 3.05) is 13.1 Å².